The van der Waals surface area contributed by atoms with E-state index in [2.05, 4.69) is 5.32 Å². The number of anilines is 1. The van der Waals surface area contributed by atoms with Gasteiger partial charge in [0.1, 0.15) is 5.38 Å². The highest BCUT2D eigenvalue weighted by atomic mass is 35.5. The SMILES string of the molecule is Cc1ccccc1NC(=O)C(Cl)COCC1CCCO1. The van der Waals surface area contributed by atoms with Gasteiger partial charge in [-0.3, -0.25) is 4.79 Å². The molecule has 0 aromatic heterocycles. The second-order valence-corrected chi connectivity index (χ2v) is 5.47. The maximum Gasteiger partial charge on any atom is 0.244 e. The minimum absolute atomic E-state index is 0.151. The molecular weight excluding hydrogens is 278 g/mol. The van der Waals surface area contributed by atoms with Gasteiger partial charge < -0.3 is 14.8 Å². The van der Waals surface area contributed by atoms with E-state index < -0.39 is 5.38 Å². The zero-order valence-electron chi connectivity index (χ0n) is 11.6. The van der Waals surface area contributed by atoms with E-state index in [0.717, 1.165) is 30.7 Å². The van der Waals surface area contributed by atoms with Crippen LogP contribution in [0.4, 0.5) is 5.69 Å². The fourth-order valence-electron chi connectivity index (χ4n) is 2.08. The second kappa shape index (κ2) is 7.62. The van der Waals surface area contributed by atoms with Crippen LogP contribution >= 0.6 is 11.6 Å². The fourth-order valence-corrected chi connectivity index (χ4v) is 2.22. The van der Waals surface area contributed by atoms with Crippen molar-refractivity contribution in [3.05, 3.63) is 29.8 Å². The van der Waals surface area contributed by atoms with Crippen LogP contribution in [0.25, 0.3) is 0 Å². The molecule has 20 heavy (non-hydrogen) atoms. The molecule has 1 saturated heterocycles. The lowest BCUT2D eigenvalue weighted by molar-refractivity contribution is -0.117. The highest BCUT2D eigenvalue weighted by Gasteiger charge is 2.19. The number of halogens is 1. The summed E-state index contributed by atoms with van der Waals surface area (Å²) in [5.74, 6) is -0.242. The van der Waals surface area contributed by atoms with Gasteiger partial charge in [-0.2, -0.15) is 0 Å². The van der Waals surface area contributed by atoms with Gasteiger partial charge in [-0.1, -0.05) is 18.2 Å². The average molecular weight is 298 g/mol. The summed E-state index contributed by atoms with van der Waals surface area (Å²) < 4.78 is 10.9. The molecule has 0 radical (unpaired) electrons. The van der Waals surface area contributed by atoms with Crippen molar-refractivity contribution in [2.75, 3.05) is 25.1 Å². The Hall–Kier alpha value is -1.10. The van der Waals surface area contributed by atoms with Crippen LogP contribution in [0.15, 0.2) is 24.3 Å². The van der Waals surface area contributed by atoms with Crippen molar-refractivity contribution in [3.8, 4) is 0 Å². The van der Waals surface area contributed by atoms with Gasteiger partial charge in [0, 0.05) is 12.3 Å². The van der Waals surface area contributed by atoms with Crippen molar-refractivity contribution in [3.63, 3.8) is 0 Å². The van der Waals surface area contributed by atoms with E-state index in [-0.39, 0.29) is 18.6 Å². The van der Waals surface area contributed by atoms with E-state index in [1.165, 1.54) is 0 Å². The van der Waals surface area contributed by atoms with Crippen molar-refractivity contribution in [2.24, 2.45) is 0 Å². The molecule has 0 aliphatic carbocycles. The van der Waals surface area contributed by atoms with Gasteiger partial charge in [0.2, 0.25) is 5.91 Å². The van der Waals surface area contributed by atoms with Gasteiger partial charge in [-0.05, 0) is 31.4 Å². The van der Waals surface area contributed by atoms with E-state index in [1.54, 1.807) is 0 Å². The summed E-state index contributed by atoms with van der Waals surface area (Å²) in [5.41, 5.74) is 1.78. The number of rotatable bonds is 6. The van der Waals surface area contributed by atoms with Crippen molar-refractivity contribution >= 4 is 23.2 Å². The first-order chi connectivity index (χ1) is 9.66. The van der Waals surface area contributed by atoms with E-state index in [9.17, 15) is 4.79 Å². The lowest BCUT2D eigenvalue weighted by Gasteiger charge is -2.14. The minimum atomic E-state index is -0.698. The van der Waals surface area contributed by atoms with Gasteiger partial charge in [0.15, 0.2) is 0 Å². The second-order valence-electron chi connectivity index (χ2n) is 4.94. The first kappa shape index (κ1) is 15.3. The van der Waals surface area contributed by atoms with Gasteiger partial charge in [0.25, 0.3) is 0 Å². The van der Waals surface area contributed by atoms with Gasteiger partial charge in [0.05, 0.1) is 19.3 Å². The van der Waals surface area contributed by atoms with Gasteiger partial charge in [-0.15, -0.1) is 11.6 Å². The molecule has 0 bridgehead atoms. The van der Waals surface area contributed by atoms with E-state index in [4.69, 9.17) is 21.1 Å². The number of ether oxygens (including phenoxy) is 2. The molecule has 2 rings (SSSR count). The quantitative estimate of drug-likeness (QED) is 0.821. The summed E-state index contributed by atoms with van der Waals surface area (Å²) >= 11 is 6.04. The fraction of sp³-hybridized carbons (Fsp3) is 0.533. The molecule has 0 spiro atoms. The van der Waals surface area contributed by atoms with Crippen LogP contribution in [0.2, 0.25) is 0 Å². The van der Waals surface area contributed by atoms with Gasteiger partial charge in [-0.25, -0.2) is 0 Å². The molecule has 1 aromatic carbocycles. The molecule has 4 nitrogen and oxygen atoms in total. The number of carbonyl (C=O) groups is 1. The van der Waals surface area contributed by atoms with Crippen molar-refractivity contribution in [1.29, 1.82) is 0 Å². The number of carbonyl (C=O) groups excluding carboxylic acids is 1. The van der Waals surface area contributed by atoms with Crippen LogP contribution < -0.4 is 5.32 Å². The summed E-state index contributed by atoms with van der Waals surface area (Å²) in [6.07, 6.45) is 2.24. The molecule has 0 saturated carbocycles. The van der Waals surface area contributed by atoms with Crippen molar-refractivity contribution in [1.82, 2.24) is 0 Å². The normalized spacial score (nSPS) is 19.8. The Bertz CT molecular complexity index is 446. The molecule has 1 fully saturated rings. The Labute approximate surface area is 124 Å². The van der Waals surface area contributed by atoms with Gasteiger partial charge >= 0.3 is 0 Å². The minimum Gasteiger partial charge on any atom is -0.377 e. The summed E-state index contributed by atoms with van der Waals surface area (Å²) in [4.78, 5) is 11.9. The number of benzene rings is 1. The highest BCUT2D eigenvalue weighted by molar-refractivity contribution is 6.32. The van der Waals surface area contributed by atoms with Crippen LogP contribution in [-0.4, -0.2) is 37.2 Å². The summed E-state index contributed by atoms with van der Waals surface area (Å²) in [5, 5.41) is 2.11. The Balaban J connectivity index is 1.73. The maximum atomic E-state index is 11.9. The summed E-state index contributed by atoms with van der Waals surface area (Å²) in [6.45, 7) is 3.43. The van der Waals surface area contributed by atoms with Crippen molar-refractivity contribution in [2.45, 2.75) is 31.2 Å². The van der Waals surface area contributed by atoms with E-state index in [1.807, 2.05) is 31.2 Å². The molecule has 110 valence electrons. The first-order valence-corrected chi connectivity index (χ1v) is 7.30. The zero-order valence-corrected chi connectivity index (χ0v) is 12.4. The lowest BCUT2D eigenvalue weighted by Crippen LogP contribution is -2.29. The Kier molecular flexibility index (Phi) is 5.83. The Morgan fingerprint density at radius 2 is 2.35 bits per heavy atom. The predicted octanol–water partition coefficient (Wildman–Crippen LogP) is 2.74. The number of hydrogen-bond acceptors (Lipinski definition) is 3. The number of para-hydroxylation sites is 1. The van der Waals surface area contributed by atoms with Crippen LogP contribution in [0.1, 0.15) is 18.4 Å². The Morgan fingerprint density at radius 1 is 1.55 bits per heavy atom. The third-order valence-corrected chi connectivity index (χ3v) is 3.60. The molecule has 1 heterocycles. The first-order valence-electron chi connectivity index (χ1n) is 6.86. The van der Waals surface area contributed by atoms with Crippen molar-refractivity contribution < 1.29 is 14.3 Å². The van der Waals surface area contributed by atoms with E-state index >= 15 is 0 Å². The molecule has 1 aliphatic rings. The van der Waals surface area contributed by atoms with Crippen LogP contribution in [-0.2, 0) is 14.3 Å². The topological polar surface area (TPSA) is 47.6 Å². The summed E-state index contributed by atoms with van der Waals surface area (Å²) in [6, 6.07) is 7.59. The number of nitrogens with one attached hydrogen (secondary N) is 1. The van der Waals surface area contributed by atoms with Crippen LogP contribution in [0.5, 0.6) is 0 Å². The molecule has 1 aliphatic heterocycles. The molecule has 1 amide bonds. The standard InChI is InChI=1S/C15H20ClNO3/c1-11-5-2-3-7-14(11)17-15(18)13(16)10-19-9-12-6-4-8-20-12/h2-3,5,7,12-13H,4,6,8-10H2,1H3,(H,17,18). The number of alkyl halides is 1. The number of amides is 1. The molecule has 1 N–H and O–H groups in total. The highest BCUT2D eigenvalue weighted by Crippen LogP contribution is 2.15. The number of hydrogen-bond donors (Lipinski definition) is 1. The summed E-state index contributed by atoms with van der Waals surface area (Å²) in [7, 11) is 0. The lowest BCUT2D eigenvalue weighted by atomic mass is 10.2. The monoisotopic (exact) mass is 297 g/mol. The third kappa shape index (κ3) is 4.47. The average Bonchev–Trinajstić information content (AvgIpc) is 2.94. The number of aryl methyl sites for hydroxylation is 1. The molecule has 5 heteroatoms. The molecule has 2 unspecified atom stereocenters. The largest absolute Gasteiger partial charge is 0.377 e. The molecule has 2 atom stereocenters. The van der Waals surface area contributed by atoms with E-state index in [0.29, 0.717) is 6.61 Å². The molecule has 1 aromatic rings. The third-order valence-electron chi connectivity index (χ3n) is 3.28. The smallest absolute Gasteiger partial charge is 0.244 e. The Morgan fingerprint density at radius 3 is 3.05 bits per heavy atom. The maximum absolute atomic E-state index is 11.9. The predicted molar refractivity (Wildman–Crippen MR) is 79.2 cm³/mol. The van der Waals surface area contributed by atoms with Crippen LogP contribution in [0.3, 0.4) is 0 Å². The zero-order chi connectivity index (χ0) is 14.4. The molecular formula is C15H20ClNO3. The van der Waals surface area contributed by atoms with Crippen LogP contribution in [0, 0.1) is 6.92 Å².